The van der Waals surface area contributed by atoms with E-state index in [4.69, 9.17) is 16.7 Å². The third kappa shape index (κ3) is 3.30. The minimum Gasteiger partial charge on any atom is -0.481 e. The van der Waals surface area contributed by atoms with E-state index >= 15 is 0 Å². The molecule has 1 aliphatic rings. The van der Waals surface area contributed by atoms with Crippen molar-refractivity contribution in [3.05, 3.63) is 38.9 Å². The van der Waals surface area contributed by atoms with Crippen molar-refractivity contribution in [3.63, 3.8) is 0 Å². The second kappa shape index (κ2) is 6.09. The first-order valence-electron chi connectivity index (χ1n) is 6.36. The fourth-order valence-electron chi connectivity index (χ4n) is 2.37. The van der Waals surface area contributed by atoms with E-state index in [0.717, 1.165) is 6.07 Å². The van der Waals surface area contributed by atoms with Crippen molar-refractivity contribution in [1.82, 2.24) is 4.90 Å². The van der Waals surface area contributed by atoms with Gasteiger partial charge in [-0.1, -0.05) is 11.6 Å². The van der Waals surface area contributed by atoms with Crippen molar-refractivity contribution in [3.8, 4) is 0 Å². The minimum absolute atomic E-state index is 0.0634. The van der Waals surface area contributed by atoms with E-state index in [-0.39, 0.29) is 22.8 Å². The van der Waals surface area contributed by atoms with Crippen LogP contribution in [0.25, 0.3) is 0 Å². The smallest absolute Gasteiger partial charge is 0.308 e. The molecule has 21 heavy (non-hydrogen) atoms. The molecule has 1 amide bonds. The Labute approximate surface area is 125 Å². The SMILES string of the molecule is O=C(O)C1CCCN(C(=O)c2ccc(Cl)cc2[N+](=O)[O-])C1. The predicted octanol–water partition coefficient (Wildman–Crippen LogP) is 2.19. The number of carbonyl (C=O) groups excluding carboxylic acids is 1. The van der Waals surface area contributed by atoms with Crippen LogP contribution in [0, 0.1) is 16.0 Å². The molecule has 0 bridgehead atoms. The molecule has 1 heterocycles. The number of rotatable bonds is 3. The Hall–Kier alpha value is -2.15. The van der Waals surface area contributed by atoms with Crippen molar-refractivity contribution < 1.29 is 19.6 Å². The van der Waals surface area contributed by atoms with Crippen LogP contribution in [0.4, 0.5) is 5.69 Å². The highest BCUT2D eigenvalue weighted by molar-refractivity contribution is 6.31. The van der Waals surface area contributed by atoms with Gasteiger partial charge < -0.3 is 10.0 Å². The number of aliphatic carboxylic acids is 1. The van der Waals surface area contributed by atoms with Gasteiger partial charge in [-0.15, -0.1) is 0 Å². The maximum atomic E-state index is 12.4. The molecule has 112 valence electrons. The number of carboxylic acids is 1. The van der Waals surface area contributed by atoms with Gasteiger partial charge in [-0.3, -0.25) is 19.7 Å². The van der Waals surface area contributed by atoms with Crippen molar-refractivity contribution in [1.29, 1.82) is 0 Å². The molecule has 0 aliphatic carbocycles. The fraction of sp³-hybridized carbons (Fsp3) is 0.385. The van der Waals surface area contributed by atoms with E-state index in [1.165, 1.54) is 17.0 Å². The number of piperidine rings is 1. The lowest BCUT2D eigenvalue weighted by Crippen LogP contribution is -2.42. The predicted molar refractivity (Wildman–Crippen MR) is 74.4 cm³/mol. The normalized spacial score (nSPS) is 18.3. The Bertz CT molecular complexity index is 604. The minimum atomic E-state index is -0.960. The molecule has 0 radical (unpaired) electrons. The van der Waals surface area contributed by atoms with E-state index < -0.39 is 22.7 Å². The average Bonchev–Trinajstić information content (AvgIpc) is 2.46. The fourth-order valence-corrected chi connectivity index (χ4v) is 2.54. The number of halogens is 1. The highest BCUT2D eigenvalue weighted by atomic mass is 35.5. The van der Waals surface area contributed by atoms with Gasteiger partial charge in [0.1, 0.15) is 5.56 Å². The Kier molecular flexibility index (Phi) is 4.42. The van der Waals surface area contributed by atoms with Gasteiger partial charge in [-0.05, 0) is 25.0 Å². The molecule has 0 spiro atoms. The zero-order chi connectivity index (χ0) is 15.6. The number of carboxylic acid groups (broad SMARTS) is 1. The third-order valence-electron chi connectivity index (χ3n) is 3.44. The molecule has 1 unspecified atom stereocenters. The number of nitrogens with zero attached hydrogens (tertiary/aromatic N) is 2. The van der Waals surface area contributed by atoms with E-state index in [1.807, 2.05) is 0 Å². The zero-order valence-electron chi connectivity index (χ0n) is 11.0. The highest BCUT2D eigenvalue weighted by Crippen LogP contribution is 2.26. The van der Waals surface area contributed by atoms with Gasteiger partial charge in [-0.25, -0.2) is 0 Å². The number of hydrogen-bond donors (Lipinski definition) is 1. The third-order valence-corrected chi connectivity index (χ3v) is 3.68. The van der Waals surface area contributed by atoms with Crippen molar-refractivity contribution in [2.24, 2.45) is 5.92 Å². The molecular weight excluding hydrogens is 300 g/mol. The molecule has 1 N–H and O–H groups in total. The van der Waals surface area contributed by atoms with Gasteiger partial charge in [0, 0.05) is 24.2 Å². The van der Waals surface area contributed by atoms with Crippen LogP contribution in [0.15, 0.2) is 18.2 Å². The maximum absolute atomic E-state index is 12.4. The molecule has 8 heteroatoms. The molecule has 1 aromatic rings. The molecule has 7 nitrogen and oxygen atoms in total. The number of hydrogen-bond acceptors (Lipinski definition) is 4. The molecular formula is C13H13ClN2O5. The summed E-state index contributed by atoms with van der Waals surface area (Å²) in [5.74, 6) is -2.13. The quantitative estimate of drug-likeness (QED) is 0.681. The molecule has 0 aromatic heterocycles. The summed E-state index contributed by atoms with van der Waals surface area (Å²) in [5.41, 5.74) is -0.444. The van der Waals surface area contributed by atoms with Gasteiger partial charge in [0.25, 0.3) is 11.6 Å². The number of nitro benzene ring substituents is 1. The lowest BCUT2D eigenvalue weighted by Gasteiger charge is -2.30. The van der Waals surface area contributed by atoms with Gasteiger partial charge in [0.15, 0.2) is 0 Å². The van der Waals surface area contributed by atoms with E-state index in [9.17, 15) is 19.7 Å². The summed E-state index contributed by atoms with van der Waals surface area (Å²) in [5, 5.41) is 20.2. The number of benzene rings is 1. The van der Waals surface area contributed by atoms with Gasteiger partial charge >= 0.3 is 5.97 Å². The first kappa shape index (κ1) is 15.2. The van der Waals surface area contributed by atoms with E-state index in [0.29, 0.717) is 19.4 Å². The van der Waals surface area contributed by atoms with Crippen LogP contribution in [0.5, 0.6) is 0 Å². The topological polar surface area (TPSA) is 101 Å². The Morgan fingerprint density at radius 3 is 2.76 bits per heavy atom. The number of nitro groups is 1. The highest BCUT2D eigenvalue weighted by Gasteiger charge is 2.31. The van der Waals surface area contributed by atoms with E-state index in [1.54, 1.807) is 0 Å². The van der Waals surface area contributed by atoms with Gasteiger partial charge in [-0.2, -0.15) is 0 Å². The summed E-state index contributed by atoms with van der Waals surface area (Å²) < 4.78 is 0. The van der Waals surface area contributed by atoms with Gasteiger partial charge in [0.2, 0.25) is 0 Å². The summed E-state index contributed by atoms with van der Waals surface area (Å²) in [4.78, 5) is 35.1. The molecule has 1 fully saturated rings. The van der Waals surface area contributed by atoms with Crippen molar-refractivity contribution in [2.45, 2.75) is 12.8 Å². The summed E-state index contributed by atoms with van der Waals surface area (Å²) >= 11 is 5.71. The molecule has 1 atom stereocenters. The largest absolute Gasteiger partial charge is 0.481 e. The lowest BCUT2D eigenvalue weighted by atomic mass is 9.97. The summed E-state index contributed by atoms with van der Waals surface area (Å²) in [6.07, 6.45) is 1.06. The van der Waals surface area contributed by atoms with Crippen LogP contribution >= 0.6 is 11.6 Å². The summed E-state index contributed by atoms with van der Waals surface area (Å²) in [6.45, 7) is 0.455. The van der Waals surface area contributed by atoms with Crippen molar-refractivity contribution in [2.75, 3.05) is 13.1 Å². The first-order valence-corrected chi connectivity index (χ1v) is 6.74. The van der Waals surface area contributed by atoms with Crippen molar-refractivity contribution >= 4 is 29.2 Å². The van der Waals surface area contributed by atoms with Crippen LogP contribution in [0.3, 0.4) is 0 Å². The van der Waals surface area contributed by atoms with Crippen LogP contribution < -0.4 is 0 Å². The lowest BCUT2D eigenvalue weighted by molar-refractivity contribution is -0.385. The van der Waals surface area contributed by atoms with Crippen LogP contribution in [-0.2, 0) is 4.79 Å². The molecule has 1 aromatic carbocycles. The van der Waals surface area contributed by atoms with Crippen LogP contribution in [0.2, 0.25) is 5.02 Å². The molecule has 1 saturated heterocycles. The van der Waals surface area contributed by atoms with Crippen LogP contribution in [-0.4, -0.2) is 39.9 Å². The second-order valence-corrected chi connectivity index (χ2v) is 5.28. The Morgan fingerprint density at radius 1 is 1.43 bits per heavy atom. The Morgan fingerprint density at radius 2 is 2.14 bits per heavy atom. The molecule has 0 saturated carbocycles. The van der Waals surface area contributed by atoms with Gasteiger partial charge in [0.05, 0.1) is 10.8 Å². The standard InChI is InChI=1S/C13H13ClN2O5/c14-9-3-4-10(11(6-9)16(20)21)12(17)15-5-1-2-8(7-15)13(18)19/h3-4,6,8H,1-2,5,7H2,(H,18,19). The summed E-state index contributed by atoms with van der Waals surface area (Å²) in [7, 11) is 0. The maximum Gasteiger partial charge on any atom is 0.308 e. The number of carbonyl (C=O) groups is 2. The second-order valence-electron chi connectivity index (χ2n) is 4.85. The first-order chi connectivity index (χ1) is 9.90. The van der Waals surface area contributed by atoms with E-state index in [2.05, 4.69) is 0 Å². The monoisotopic (exact) mass is 312 g/mol. The number of likely N-dealkylation sites (tertiary alicyclic amines) is 1. The van der Waals surface area contributed by atoms with Crippen LogP contribution in [0.1, 0.15) is 23.2 Å². The Balaban J connectivity index is 2.28. The zero-order valence-corrected chi connectivity index (χ0v) is 11.7. The average molecular weight is 313 g/mol. The number of amides is 1. The molecule has 2 rings (SSSR count). The molecule has 1 aliphatic heterocycles. The summed E-state index contributed by atoms with van der Waals surface area (Å²) in [6, 6.07) is 3.82.